The molecule has 3 aromatic carbocycles. The Labute approximate surface area is 263 Å². The third-order valence-corrected chi connectivity index (χ3v) is 7.22. The van der Waals surface area contributed by atoms with E-state index in [-0.39, 0.29) is 43.4 Å². The number of carboxylic acid groups (broad SMARTS) is 1. The van der Waals surface area contributed by atoms with E-state index in [9.17, 15) is 32.3 Å². The van der Waals surface area contributed by atoms with E-state index < -0.39 is 41.6 Å². The molecule has 2 unspecified atom stereocenters. The zero-order chi connectivity index (χ0) is 30.4. The average Bonchev–Trinajstić information content (AvgIpc) is 3.45. The van der Waals surface area contributed by atoms with Gasteiger partial charge in [0.2, 0.25) is 0 Å². The largest absolute Gasteiger partial charge is 1.00 e. The summed E-state index contributed by atoms with van der Waals surface area (Å²) in [7, 11) is 1.40. The minimum absolute atomic E-state index is 0. The van der Waals surface area contributed by atoms with Crippen LogP contribution in [0.2, 0.25) is 0 Å². The molecule has 0 aliphatic rings. The number of furan rings is 1. The Bertz CT molecular complexity index is 1570. The van der Waals surface area contributed by atoms with E-state index in [0.29, 0.717) is 28.4 Å². The molecular formula is C31H28F4LiNO5S. The van der Waals surface area contributed by atoms with Crippen LogP contribution in [-0.2, 0) is 15.7 Å². The number of aliphatic carboxylic acids is 1. The number of rotatable bonds is 11. The third kappa shape index (κ3) is 8.12. The number of nitrogens with one attached hydrogen (secondary N) is 1. The zero-order valence-corrected chi connectivity index (χ0v) is 24.4. The van der Waals surface area contributed by atoms with Crippen LogP contribution in [0.1, 0.15) is 41.2 Å². The second-order valence-electron chi connectivity index (χ2n) is 9.32. The van der Waals surface area contributed by atoms with Gasteiger partial charge in [0.25, 0.3) is 5.91 Å². The van der Waals surface area contributed by atoms with Gasteiger partial charge in [-0.1, -0.05) is 24.3 Å². The van der Waals surface area contributed by atoms with Gasteiger partial charge in [0.05, 0.1) is 5.56 Å². The van der Waals surface area contributed by atoms with Gasteiger partial charge < -0.3 is 21.0 Å². The fraction of sp³-hybridized carbons (Fsp3) is 0.226. The van der Waals surface area contributed by atoms with Gasteiger partial charge in [0.1, 0.15) is 29.5 Å². The van der Waals surface area contributed by atoms with Gasteiger partial charge in [-0.2, -0.15) is 24.9 Å². The predicted molar refractivity (Wildman–Crippen MR) is 153 cm³/mol. The maximum Gasteiger partial charge on any atom is 1.00 e. The molecule has 0 aliphatic heterocycles. The smallest absolute Gasteiger partial charge is 1.00 e. The summed E-state index contributed by atoms with van der Waals surface area (Å²) >= 11 is 1.40. The number of hydrogen-bond acceptors (Lipinski definition) is 5. The van der Waals surface area contributed by atoms with Gasteiger partial charge in [-0.25, -0.2) is 9.18 Å². The second kappa shape index (κ2) is 14.8. The monoisotopic (exact) mass is 609 g/mol. The van der Waals surface area contributed by atoms with E-state index in [4.69, 9.17) is 9.15 Å². The summed E-state index contributed by atoms with van der Waals surface area (Å²) < 4.78 is 67.2. The van der Waals surface area contributed by atoms with Crippen LogP contribution in [0, 0.1) is 5.82 Å². The standard InChI is InChI=1S/C31H27F4NO5S.Li.H/c1-40-28(27-14-13-26(41-27)18-7-10-20(32)11-8-18)19-9-12-22(29(37)36-25(30(38)39)15-16-42-2)23(17-19)21-5-3-4-6-24(21)31(33,34)35;;/h3-14,17,25,28H,15-16H2,1-2H3,(H,36,37)(H,38,39);;/q;+1;-1. The Morgan fingerprint density at radius 2 is 1.72 bits per heavy atom. The minimum Gasteiger partial charge on any atom is -1.00 e. The molecule has 0 aliphatic carbocycles. The van der Waals surface area contributed by atoms with E-state index in [1.807, 2.05) is 0 Å². The predicted octanol–water partition coefficient (Wildman–Crippen LogP) is 4.56. The molecule has 2 N–H and O–H groups in total. The Morgan fingerprint density at radius 3 is 2.35 bits per heavy atom. The molecule has 222 valence electrons. The number of benzene rings is 3. The molecule has 0 bridgehead atoms. The van der Waals surface area contributed by atoms with Crippen LogP contribution in [-0.4, -0.2) is 42.1 Å². The molecule has 1 amide bonds. The summed E-state index contributed by atoms with van der Waals surface area (Å²) in [6.45, 7) is 0. The van der Waals surface area contributed by atoms with Gasteiger partial charge in [0.15, 0.2) is 0 Å². The van der Waals surface area contributed by atoms with Crippen molar-refractivity contribution < 1.29 is 61.7 Å². The molecule has 6 nitrogen and oxygen atoms in total. The van der Waals surface area contributed by atoms with Crippen LogP contribution in [0.3, 0.4) is 0 Å². The van der Waals surface area contributed by atoms with Crippen molar-refractivity contribution in [1.82, 2.24) is 5.32 Å². The number of ether oxygens (including phenoxy) is 1. The van der Waals surface area contributed by atoms with Crippen LogP contribution < -0.4 is 24.2 Å². The van der Waals surface area contributed by atoms with Crippen molar-refractivity contribution in [2.75, 3.05) is 19.1 Å². The Balaban J connectivity index is 0.00000337. The molecular weight excluding hydrogens is 581 g/mol. The topological polar surface area (TPSA) is 88.8 Å². The zero-order valence-electron chi connectivity index (χ0n) is 24.6. The summed E-state index contributed by atoms with van der Waals surface area (Å²) in [4.78, 5) is 25.1. The van der Waals surface area contributed by atoms with Crippen molar-refractivity contribution in [1.29, 1.82) is 0 Å². The first-order chi connectivity index (χ1) is 20.0. The number of carbonyl (C=O) groups excluding carboxylic acids is 1. The summed E-state index contributed by atoms with van der Waals surface area (Å²) in [5.74, 6) is -1.27. The van der Waals surface area contributed by atoms with Crippen molar-refractivity contribution in [3.8, 4) is 22.5 Å². The molecule has 4 aromatic rings. The normalized spacial score (nSPS) is 12.7. The molecule has 1 heterocycles. The number of halogens is 4. The molecule has 0 saturated carbocycles. The van der Waals surface area contributed by atoms with Crippen LogP contribution in [0.15, 0.2) is 83.3 Å². The first-order valence-electron chi connectivity index (χ1n) is 12.7. The average molecular weight is 610 g/mol. The van der Waals surface area contributed by atoms with E-state index in [1.54, 1.807) is 30.5 Å². The summed E-state index contributed by atoms with van der Waals surface area (Å²) in [6.07, 6.45) is -3.68. The molecule has 0 saturated heterocycles. The molecule has 2 atom stereocenters. The van der Waals surface area contributed by atoms with Crippen LogP contribution in [0.4, 0.5) is 17.6 Å². The minimum atomic E-state index is -4.73. The van der Waals surface area contributed by atoms with Crippen LogP contribution >= 0.6 is 11.8 Å². The Morgan fingerprint density at radius 1 is 1.02 bits per heavy atom. The first kappa shape index (κ1) is 34.0. The third-order valence-electron chi connectivity index (χ3n) is 6.58. The van der Waals surface area contributed by atoms with Gasteiger partial charge in [-0.05, 0) is 89.7 Å². The van der Waals surface area contributed by atoms with Crippen molar-refractivity contribution in [3.05, 3.63) is 107 Å². The number of thioether (sulfide) groups is 1. The maximum atomic E-state index is 14.1. The van der Waals surface area contributed by atoms with Crippen molar-refractivity contribution >= 4 is 23.6 Å². The first-order valence-corrected chi connectivity index (χ1v) is 14.1. The second-order valence-corrected chi connectivity index (χ2v) is 10.3. The van der Waals surface area contributed by atoms with Crippen molar-refractivity contribution in [3.63, 3.8) is 0 Å². The molecule has 43 heavy (non-hydrogen) atoms. The summed E-state index contributed by atoms with van der Waals surface area (Å²) in [6, 6.07) is 16.8. The van der Waals surface area contributed by atoms with E-state index in [0.717, 1.165) is 6.07 Å². The van der Waals surface area contributed by atoms with Crippen molar-refractivity contribution in [2.24, 2.45) is 0 Å². The number of methoxy groups -OCH3 is 1. The van der Waals surface area contributed by atoms with Gasteiger partial charge >= 0.3 is 31.0 Å². The summed E-state index contributed by atoms with van der Waals surface area (Å²) in [5.41, 5.74) is -0.406. The van der Waals surface area contributed by atoms with E-state index in [2.05, 4.69) is 5.32 Å². The molecule has 0 fully saturated rings. The quantitative estimate of drug-likeness (QED) is 0.192. The molecule has 4 rings (SSSR count). The molecule has 1 aromatic heterocycles. The fourth-order valence-corrected chi connectivity index (χ4v) is 4.99. The van der Waals surface area contributed by atoms with Gasteiger partial charge in [-0.3, -0.25) is 4.79 Å². The number of alkyl halides is 3. The van der Waals surface area contributed by atoms with Crippen molar-refractivity contribution in [2.45, 2.75) is 24.7 Å². The van der Waals surface area contributed by atoms with E-state index in [1.165, 1.54) is 67.4 Å². The SMILES string of the molecule is COC(c1ccc(C(=O)NC(CCSC)C(=O)O)c(-c2ccccc2C(F)(F)F)c1)c1ccc(-c2ccc(F)cc2)o1.[H-].[Li+]. The number of carbonyl (C=O) groups is 2. The number of hydrogen-bond donors (Lipinski definition) is 2. The molecule has 12 heteroatoms. The molecule has 0 radical (unpaired) electrons. The van der Waals surface area contributed by atoms with Crippen LogP contribution in [0.5, 0.6) is 0 Å². The number of amides is 1. The van der Waals surface area contributed by atoms with Gasteiger partial charge in [-0.15, -0.1) is 0 Å². The Hall–Kier alpha value is -3.49. The molecule has 0 spiro atoms. The van der Waals surface area contributed by atoms with Crippen LogP contribution in [0.25, 0.3) is 22.5 Å². The maximum absolute atomic E-state index is 14.1. The summed E-state index contributed by atoms with van der Waals surface area (Å²) in [5, 5.41) is 12.0. The van der Waals surface area contributed by atoms with E-state index >= 15 is 0 Å². The fourth-order valence-electron chi connectivity index (χ4n) is 4.52. The van der Waals surface area contributed by atoms with Gasteiger partial charge in [0, 0.05) is 18.2 Å². The Kier molecular flexibility index (Phi) is 11.7. The number of carboxylic acids is 1.